The number of rotatable bonds is 4. The maximum absolute atomic E-state index is 13.9. The van der Waals surface area contributed by atoms with E-state index in [1.54, 1.807) is 0 Å². The summed E-state index contributed by atoms with van der Waals surface area (Å²) in [5, 5.41) is 11.7. The molecule has 0 aliphatic carbocycles. The molecule has 6 heteroatoms. The molecule has 0 amide bonds. The zero-order chi connectivity index (χ0) is 15.6. The molecule has 2 rings (SSSR count). The molecule has 2 aromatic rings. The fraction of sp³-hybridized carbons (Fsp3) is 0.133. The molecule has 0 bridgehead atoms. The van der Waals surface area contributed by atoms with Crippen molar-refractivity contribution in [1.82, 2.24) is 0 Å². The minimum absolute atomic E-state index is 0.162. The van der Waals surface area contributed by atoms with Crippen LogP contribution in [0.2, 0.25) is 0 Å². The Kier molecular flexibility index (Phi) is 3.88. The largest absolute Gasteiger partial charge is 0.479 e. The third kappa shape index (κ3) is 2.69. The number of carbonyl (C=O) groups is 1. The van der Waals surface area contributed by atoms with Crippen LogP contribution in [0.25, 0.3) is 0 Å². The van der Waals surface area contributed by atoms with Gasteiger partial charge in [0.15, 0.2) is 5.54 Å². The summed E-state index contributed by atoms with van der Waals surface area (Å²) in [6, 6.07) is 8.32. The summed E-state index contributed by atoms with van der Waals surface area (Å²) in [5.74, 6) is -4.30. The van der Waals surface area contributed by atoms with Crippen molar-refractivity contribution < 1.29 is 23.1 Å². The standard InChI is InChI=1S/C15H12F3NO2/c1-15(14(20)21,13-10(17)6-4-7-11(13)18)19-12-8-3-2-5-9(12)16/h2-8,19H,1H3,(H,20,21). The van der Waals surface area contributed by atoms with Crippen molar-refractivity contribution in [2.75, 3.05) is 5.32 Å². The molecular formula is C15H12F3NO2. The average Bonchev–Trinajstić information content (AvgIpc) is 2.41. The van der Waals surface area contributed by atoms with Gasteiger partial charge in [0.1, 0.15) is 17.5 Å². The van der Waals surface area contributed by atoms with E-state index in [1.165, 1.54) is 18.2 Å². The maximum atomic E-state index is 13.9. The predicted octanol–water partition coefficient (Wildman–Crippen LogP) is 3.52. The number of hydrogen-bond donors (Lipinski definition) is 2. The van der Waals surface area contributed by atoms with E-state index in [0.29, 0.717) is 0 Å². The summed E-state index contributed by atoms with van der Waals surface area (Å²) in [7, 11) is 0. The molecule has 0 heterocycles. The molecule has 0 aliphatic rings. The van der Waals surface area contributed by atoms with E-state index < -0.39 is 34.5 Å². The maximum Gasteiger partial charge on any atom is 0.333 e. The van der Waals surface area contributed by atoms with Crippen LogP contribution in [0.4, 0.5) is 18.9 Å². The minimum Gasteiger partial charge on any atom is -0.479 e. The summed E-state index contributed by atoms with van der Waals surface area (Å²) in [4.78, 5) is 11.5. The third-order valence-corrected chi connectivity index (χ3v) is 3.15. The average molecular weight is 295 g/mol. The van der Waals surface area contributed by atoms with E-state index in [4.69, 9.17) is 0 Å². The van der Waals surface area contributed by atoms with E-state index >= 15 is 0 Å². The van der Waals surface area contributed by atoms with Gasteiger partial charge in [0.2, 0.25) is 0 Å². The van der Waals surface area contributed by atoms with Gasteiger partial charge < -0.3 is 10.4 Å². The van der Waals surface area contributed by atoms with Crippen molar-refractivity contribution in [3.63, 3.8) is 0 Å². The first-order valence-corrected chi connectivity index (χ1v) is 6.07. The lowest BCUT2D eigenvalue weighted by atomic mass is 9.90. The quantitative estimate of drug-likeness (QED) is 0.907. The van der Waals surface area contributed by atoms with Gasteiger partial charge in [-0.25, -0.2) is 18.0 Å². The third-order valence-electron chi connectivity index (χ3n) is 3.15. The van der Waals surface area contributed by atoms with Crippen LogP contribution in [0.5, 0.6) is 0 Å². The van der Waals surface area contributed by atoms with Crippen molar-refractivity contribution in [2.24, 2.45) is 0 Å². The SMILES string of the molecule is CC(Nc1ccccc1F)(C(=O)O)c1c(F)cccc1F. The van der Waals surface area contributed by atoms with Gasteiger partial charge in [0.05, 0.1) is 11.3 Å². The zero-order valence-corrected chi connectivity index (χ0v) is 11.0. The molecule has 21 heavy (non-hydrogen) atoms. The molecule has 0 radical (unpaired) electrons. The molecule has 0 spiro atoms. The first-order chi connectivity index (χ1) is 9.86. The van der Waals surface area contributed by atoms with Crippen molar-refractivity contribution in [3.05, 3.63) is 65.5 Å². The topological polar surface area (TPSA) is 49.3 Å². The summed E-state index contributed by atoms with van der Waals surface area (Å²) < 4.78 is 41.4. The van der Waals surface area contributed by atoms with Gasteiger partial charge in [-0.15, -0.1) is 0 Å². The Morgan fingerprint density at radius 1 is 1.00 bits per heavy atom. The van der Waals surface area contributed by atoms with Crippen LogP contribution in [-0.4, -0.2) is 11.1 Å². The Morgan fingerprint density at radius 2 is 1.52 bits per heavy atom. The number of anilines is 1. The number of para-hydroxylation sites is 1. The number of carboxylic acid groups (broad SMARTS) is 1. The molecule has 2 aromatic carbocycles. The number of aliphatic carboxylic acids is 1. The zero-order valence-electron chi connectivity index (χ0n) is 11.0. The lowest BCUT2D eigenvalue weighted by molar-refractivity contribution is -0.142. The Bertz CT molecular complexity index is 670. The van der Waals surface area contributed by atoms with Crippen LogP contribution in [0.1, 0.15) is 12.5 Å². The molecule has 0 saturated carbocycles. The molecular weight excluding hydrogens is 283 g/mol. The number of halogens is 3. The van der Waals surface area contributed by atoms with Gasteiger partial charge in [-0.3, -0.25) is 0 Å². The van der Waals surface area contributed by atoms with Crippen LogP contribution in [0, 0.1) is 17.5 Å². The predicted molar refractivity (Wildman–Crippen MR) is 71.4 cm³/mol. The Hall–Kier alpha value is -2.50. The highest BCUT2D eigenvalue weighted by molar-refractivity contribution is 5.84. The molecule has 0 aromatic heterocycles. The normalized spacial score (nSPS) is 13.5. The van der Waals surface area contributed by atoms with Gasteiger partial charge >= 0.3 is 5.97 Å². The summed E-state index contributed by atoms with van der Waals surface area (Å²) >= 11 is 0. The van der Waals surface area contributed by atoms with Crippen molar-refractivity contribution in [3.8, 4) is 0 Å². The Morgan fingerprint density at radius 3 is 2.05 bits per heavy atom. The first kappa shape index (κ1) is 14.9. The number of hydrogen-bond acceptors (Lipinski definition) is 2. The van der Waals surface area contributed by atoms with Crippen molar-refractivity contribution in [1.29, 1.82) is 0 Å². The van der Waals surface area contributed by atoms with E-state index in [9.17, 15) is 23.1 Å². The molecule has 0 aliphatic heterocycles. The summed E-state index contributed by atoms with van der Waals surface area (Å²) in [5.41, 5.74) is -3.00. The van der Waals surface area contributed by atoms with Gasteiger partial charge in [0, 0.05) is 0 Å². The second-order valence-electron chi connectivity index (χ2n) is 4.63. The molecule has 2 N–H and O–H groups in total. The van der Waals surface area contributed by atoms with E-state index in [1.807, 2.05) is 0 Å². The molecule has 0 fully saturated rings. The second kappa shape index (κ2) is 5.47. The second-order valence-corrected chi connectivity index (χ2v) is 4.63. The van der Waals surface area contributed by atoms with Crippen LogP contribution in [0.15, 0.2) is 42.5 Å². The number of nitrogens with one attached hydrogen (secondary N) is 1. The molecule has 3 nitrogen and oxygen atoms in total. The molecule has 1 unspecified atom stereocenters. The Labute approximate surface area is 119 Å². The van der Waals surface area contributed by atoms with Crippen molar-refractivity contribution in [2.45, 2.75) is 12.5 Å². The van der Waals surface area contributed by atoms with E-state index in [0.717, 1.165) is 31.2 Å². The highest BCUT2D eigenvalue weighted by Gasteiger charge is 2.40. The number of benzene rings is 2. The fourth-order valence-corrected chi connectivity index (χ4v) is 2.03. The van der Waals surface area contributed by atoms with Crippen LogP contribution in [-0.2, 0) is 10.3 Å². The lowest BCUT2D eigenvalue weighted by Crippen LogP contribution is -2.42. The van der Waals surface area contributed by atoms with E-state index in [-0.39, 0.29) is 5.69 Å². The molecule has 1 atom stereocenters. The number of carboxylic acids is 1. The fourth-order valence-electron chi connectivity index (χ4n) is 2.03. The van der Waals surface area contributed by atoms with E-state index in [2.05, 4.69) is 5.32 Å². The van der Waals surface area contributed by atoms with Crippen LogP contribution < -0.4 is 5.32 Å². The molecule has 0 saturated heterocycles. The van der Waals surface area contributed by atoms with Gasteiger partial charge in [-0.05, 0) is 31.2 Å². The summed E-state index contributed by atoms with van der Waals surface area (Å²) in [6.07, 6.45) is 0. The smallest absolute Gasteiger partial charge is 0.333 e. The van der Waals surface area contributed by atoms with Gasteiger partial charge in [-0.2, -0.15) is 0 Å². The highest BCUT2D eigenvalue weighted by atomic mass is 19.1. The van der Waals surface area contributed by atoms with Gasteiger partial charge in [0.25, 0.3) is 0 Å². The minimum atomic E-state index is -2.16. The van der Waals surface area contributed by atoms with Gasteiger partial charge in [-0.1, -0.05) is 18.2 Å². The van der Waals surface area contributed by atoms with Crippen LogP contribution in [0.3, 0.4) is 0 Å². The summed E-state index contributed by atoms with van der Waals surface area (Å²) in [6.45, 7) is 1.07. The Balaban J connectivity index is 2.57. The monoisotopic (exact) mass is 295 g/mol. The van der Waals surface area contributed by atoms with Crippen LogP contribution >= 0.6 is 0 Å². The first-order valence-electron chi connectivity index (χ1n) is 6.07. The van der Waals surface area contributed by atoms with Crippen molar-refractivity contribution >= 4 is 11.7 Å². The highest BCUT2D eigenvalue weighted by Crippen LogP contribution is 2.31. The molecule has 110 valence electrons. The lowest BCUT2D eigenvalue weighted by Gasteiger charge is -2.28.